The van der Waals surface area contributed by atoms with Crippen LogP contribution in [0.4, 0.5) is 0 Å². The van der Waals surface area contributed by atoms with Gasteiger partial charge < -0.3 is 5.11 Å². The molecule has 0 spiro atoms. The van der Waals surface area contributed by atoms with Gasteiger partial charge in [0.2, 0.25) is 0 Å². The Labute approximate surface area is 95.1 Å². The van der Waals surface area contributed by atoms with Crippen molar-refractivity contribution >= 4 is 22.6 Å². The summed E-state index contributed by atoms with van der Waals surface area (Å²) in [5.74, 6) is 0. The zero-order valence-electron chi connectivity index (χ0n) is 8.30. The van der Waals surface area contributed by atoms with Crippen LogP contribution in [0.15, 0.2) is 22.0 Å². The molecule has 13 heavy (non-hydrogen) atoms. The van der Waals surface area contributed by atoms with Crippen LogP contribution in [-0.4, -0.2) is 5.11 Å². The highest BCUT2D eigenvalue weighted by atomic mass is 127. The van der Waals surface area contributed by atoms with E-state index >= 15 is 0 Å². The van der Waals surface area contributed by atoms with Crippen LogP contribution in [0, 0.1) is 0 Å². The van der Waals surface area contributed by atoms with E-state index in [-0.39, 0.29) is 0 Å². The summed E-state index contributed by atoms with van der Waals surface area (Å²) in [4.78, 5) is 0. The maximum absolute atomic E-state index is 8.85. The molecule has 76 valence electrons. The molecule has 0 aliphatic heterocycles. The predicted molar refractivity (Wildman–Crippen MR) is 67.2 cm³/mol. The van der Waals surface area contributed by atoms with Gasteiger partial charge >= 0.3 is 0 Å². The lowest BCUT2D eigenvalue weighted by molar-refractivity contribution is 0.462. The molecule has 0 amide bonds. The Kier molecular flexibility index (Phi) is 10.1. The molecule has 0 aromatic rings. The first-order chi connectivity index (χ1) is 6.27. The van der Waals surface area contributed by atoms with Gasteiger partial charge in [0.25, 0.3) is 0 Å². The molecule has 0 aliphatic carbocycles. The molecule has 0 atom stereocenters. The van der Waals surface area contributed by atoms with E-state index in [4.69, 9.17) is 5.11 Å². The van der Waals surface area contributed by atoms with Gasteiger partial charge in [0.1, 0.15) is 3.77 Å². The lowest BCUT2D eigenvalue weighted by Crippen LogP contribution is -1.72. The molecule has 0 heterocycles. The maximum Gasteiger partial charge on any atom is 0.149 e. The van der Waals surface area contributed by atoms with Gasteiger partial charge in [-0.2, -0.15) is 0 Å². The largest absolute Gasteiger partial charge is 0.503 e. The minimum atomic E-state index is 0.410. The van der Waals surface area contributed by atoms with E-state index in [0.29, 0.717) is 3.77 Å². The Morgan fingerprint density at radius 2 is 1.77 bits per heavy atom. The van der Waals surface area contributed by atoms with E-state index in [1.54, 1.807) is 0 Å². The highest BCUT2D eigenvalue weighted by Gasteiger charge is 1.84. The van der Waals surface area contributed by atoms with Crippen molar-refractivity contribution < 1.29 is 5.11 Å². The Bertz CT molecular complexity index is 157. The van der Waals surface area contributed by atoms with E-state index in [2.05, 4.69) is 19.1 Å². The van der Waals surface area contributed by atoms with Crippen molar-refractivity contribution in [2.45, 2.75) is 45.4 Å². The van der Waals surface area contributed by atoms with Crippen molar-refractivity contribution in [1.82, 2.24) is 0 Å². The molecule has 1 nitrogen and oxygen atoms in total. The van der Waals surface area contributed by atoms with Crippen molar-refractivity contribution in [3.05, 3.63) is 22.0 Å². The van der Waals surface area contributed by atoms with E-state index in [1.807, 2.05) is 28.7 Å². The second kappa shape index (κ2) is 10.1. The third-order valence-electron chi connectivity index (χ3n) is 1.78. The summed E-state index contributed by atoms with van der Waals surface area (Å²) in [6, 6.07) is 0. The molecular weight excluding hydrogens is 275 g/mol. The summed E-state index contributed by atoms with van der Waals surface area (Å²) in [7, 11) is 0. The highest BCUT2D eigenvalue weighted by Crippen LogP contribution is 2.05. The number of hydrogen-bond donors (Lipinski definition) is 1. The summed E-state index contributed by atoms with van der Waals surface area (Å²) in [6.07, 6.45) is 13.4. The van der Waals surface area contributed by atoms with Crippen molar-refractivity contribution in [3.8, 4) is 0 Å². The summed E-state index contributed by atoms with van der Waals surface area (Å²) in [6.45, 7) is 2.21. The topological polar surface area (TPSA) is 20.2 Å². The third-order valence-corrected chi connectivity index (χ3v) is 2.22. The lowest BCUT2D eigenvalue weighted by Gasteiger charge is -1.91. The smallest absolute Gasteiger partial charge is 0.149 e. The first kappa shape index (κ1) is 13.0. The number of allylic oxidation sites excluding steroid dienone is 3. The Balaban J connectivity index is 3.15. The molecule has 0 saturated heterocycles. The van der Waals surface area contributed by atoms with Crippen LogP contribution in [0.25, 0.3) is 0 Å². The van der Waals surface area contributed by atoms with E-state index in [1.165, 1.54) is 19.3 Å². The minimum absolute atomic E-state index is 0.410. The van der Waals surface area contributed by atoms with Crippen LogP contribution in [0.5, 0.6) is 0 Å². The van der Waals surface area contributed by atoms with Crippen molar-refractivity contribution in [1.29, 1.82) is 0 Å². The zero-order chi connectivity index (χ0) is 9.94. The summed E-state index contributed by atoms with van der Waals surface area (Å²) >= 11 is 1.92. The van der Waals surface area contributed by atoms with Crippen LogP contribution in [0.1, 0.15) is 45.4 Å². The zero-order valence-corrected chi connectivity index (χ0v) is 10.5. The van der Waals surface area contributed by atoms with Gasteiger partial charge in [0, 0.05) is 0 Å². The van der Waals surface area contributed by atoms with Gasteiger partial charge in [-0.05, 0) is 54.4 Å². The first-order valence-corrected chi connectivity index (χ1v) is 6.05. The molecule has 0 aliphatic rings. The normalized spacial score (nSPS) is 12.6. The van der Waals surface area contributed by atoms with Crippen LogP contribution in [-0.2, 0) is 0 Å². The molecular formula is C11H19IO. The fraction of sp³-hybridized carbons (Fsp3) is 0.636. The molecule has 0 rings (SSSR count). The van der Waals surface area contributed by atoms with Gasteiger partial charge in [-0.3, -0.25) is 0 Å². The monoisotopic (exact) mass is 294 g/mol. The van der Waals surface area contributed by atoms with Gasteiger partial charge in [0.15, 0.2) is 0 Å². The van der Waals surface area contributed by atoms with E-state index in [9.17, 15) is 0 Å². The molecule has 2 heteroatoms. The fourth-order valence-electron chi connectivity index (χ4n) is 1.01. The number of halogens is 1. The van der Waals surface area contributed by atoms with Gasteiger partial charge in [-0.1, -0.05) is 31.9 Å². The third kappa shape index (κ3) is 12.0. The van der Waals surface area contributed by atoms with Crippen LogP contribution < -0.4 is 0 Å². The van der Waals surface area contributed by atoms with Crippen molar-refractivity contribution in [3.63, 3.8) is 0 Å². The second-order valence-corrected chi connectivity index (χ2v) is 4.18. The lowest BCUT2D eigenvalue weighted by atomic mass is 10.2. The van der Waals surface area contributed by atoms with Crippen LogP contribution >= 0.6 is 22.6 Å². The van der Waals surface area contributed by atoms with Crippen LogP contribution in [0.2, 0.25) is 0 Å². The SMILES string of the molecule is CCCCC=CCCCC=C(O)I. The highest BCUT2D eigenvalue weighted by molar-refractivity contribution is 14.1. The van der Waals surface area contributed by atoms with Gasteiger partial charge in [-0.25, -0.2) is 0 Å². The number of rotatable bonds is 7. The number of aliphatic hydroxyl groups excluding tert-OH is 1. The fourth-order valence-corrected chi connectivity index (χ4v) is 1.33. The Morgan fingerprint density at radius 3 is 2.31 bits per heavy atom. The maximum atomic E-state index is 8.85. The molecule has 0 radical (unpaired) electrons. The Hall–Kier alpha value is 0.0100. The quantitative estimate of drug-likeness (QED) is 0.311. The predicted octanol–water partition coefficient (Wildman–Crippen LogP) is 4.74. The number of hydrogen-bond acceptors (Lipinski definition) is 1. The van der Waals surface area contributed by atoms with Gasteiger partial charge in [-0.15, -0.1) is 0 Å². The summed E-state index contributed by atoms with van der Waals surface area (Å²) in [5, 5.41) is 8.85. The number of unbranched alkanes of at least 4 members (excludes halogenated alkanes) is 4. The molecule has 0 fully saturated rings. The molecule has 0 unspecified atom stereocenters. The first-order valence-electron chi connectivity index (χ1n) is 4.97. The average Bonchev–Trinajstić information content (AvgIpc) is 2.09. The Morgan fingerprint density at radius 1 is 1.15 bits per heavy atom. The van der Waals surface area contributed by atoms with Crippen LogP contribution in [0.3, 0.4) is 0 Å². The standard InChI is InChI=1S/C11H19IO/c1-2-3-4-5-6-7-8-9-10-11(12)13/h5-6,10,13H,2-4,7-9H2,1H3. The van der Waals surface area contributed by atoms with E-state index < -0.39 is 0 Å². The van der Waals surface area contributed by atoms with Gasteiger partial charge in [0.05, 0.1) is 0 Å². The molecule has 0 aromatic carbocycles. The summed E-state index contributed by atoms with van der Waals surface area (Å²) < 4.78 is 0.410. The molecule has 1 N–H and O–H groups in total. The molecule has 0 saturated carbocycles. The minimum Gasteiger partial charge on any atom is -0.503 e. The molecule has 0 bridgehead atoms. The number of aliphatic hydroxyl groups is 1. The van der Waals surface area contributed by atoms with Crippen molar-refractivity contribution in [2.24, 2.45) is 0 Å². The van der Waals surface area contributed by atoms with E-state index in [0.717, 1.165) is 19.3 Å². The average molecular weight is 294 g/mol. The second-order valence-electron chi connectivity index (χ2n) is 3.07. The molecule has 0 aromatic heterocycles. The summed E-state index contributed by atoms with van der Waals surface area (Å²) in [5.41, 5.74) is 0. The van der Waals surface area contributed by atoms with Crippen molar-refractivity contribution in [2.75, 3.05) is 0 Å².